The van der Waals surface area contributed by atoms with Crippen LogP contribution in [0.2, 0.25) is 0 Å². The second kappa shape index (κ2) is 6.66. The van der Waals surface area contributed by atoms with Gasteiger partial charge in [0, 0.05) is 6.61 Å². The van der Waals surface area contributed by atoms with Crippen LogP contribution in [0.3, 0.4) is 0 Å². The lowest BCUT2D eigenvalue weighted by Gasteiger charge is -2.15. The zero-order chi connectivity index (χ0) is 12.7. The summed E-state index contributed by atoms with van der Waals surface area (Å²) in [4.78, 5) is 0. The number of hydrogen-bond acceptors (Lipinski definition) is 3. The van der Waals surface area contributed by atoms with E-state index in [0.29, 0.717) is 18.7 Å². The van der Waals surface area contributed by atoms with E-state index in [0.717, 1.165) is 0 Å². The summed E-state index contributed by atoms with van der Waals surface area (Å²) >= 11 is 0. The highest BCUT2D eigenvalue weighted by atomic mass is 19.4. The molecule has 3 nitrogen and oxygen atoms in total. The standard InChI is InChI=1S/C11H16F3NO2/c1-2-15-9(10-4-3-6-17-10)5-7-16-8-11(12,13)14/h3-4,6,9,15H,2,5,7-8H2,1H3. The highest BCUT2D eigenvalue weighted by Gasteiger charge is 2.27. The number of alkyl halides is 3. The molecule has 1 atom stereocenters. The Kier molecular flexibility index (Phi) is 5.50. The molecule has 0 aromatic carbocycles. The molecule has 98 valence electrons. The SMILES string of the molecule is CCNC(CCOCC(F)(F)F)c1ccco1. The summed E-state index contributed by atoms with van der Waals surface area (Å²) in [6, 6.07) is 3.43. The molecule has 0 amide bonds. The fourth-order valence-corrected chi connectivity index (χ4v) is 1.47. The van der Waals surface area contributed by atoms with Crippen molar-refractivity contribution >= 4 is 0 Å². The molecule has 0 aliphatic heterocycles. The maximum absolute atomic E-state index is 11.8. The van der Waals surface area contributed by atoms with Crippen LogP contribution in [0, 0.1) is 0 Å². The van der Waals surface area contributed by atoms with E-state index >= 15 is 0 Å². The second-order valence-electron chi connectivity index (χ2n) is 3.58. The van der Waals surface area contributed by atoms with E-state index in [1.807, 2.05) is 6.92 Å². The third-order valence-corrected chi connectivity index (χ3v) is 2.15. The molecular weight excluding hydrogens is 235 g/mol. The summed E-state index contributed by atoms with van der Waals surface area (Å²) in [5.74, 6) is 0.711. The van der Waals surface area contributed by atoms with Gasteiger partial charge in [0.15, 0.2) is 0 Å². The second-order valence-corrected chi connectivity index (χ2v) is 3.58. The van der Waals surface area contributed by atoms with Crippen molar-refractivity contribution in [1.82, 2.24) is 5.32 Å². The quantitative estimate of drug-likeness (QED) is 0.757. The number of nitrogens with one attached hydrogen (secondary N) is 1. The molecule has 1 unspecified atom stereocenters. The van der Waals surface area contributed by atoms with Crippen molar-refractivity contribution in [2.24, 2.45) is 0 Å². The normalized spacial score (nSPS) is 13.9. The minimum absolute atomic E-state index is 0.0396. The summed E-state index contributed by atoms with van der Waals surface area (Å²) in [6.07, 6.45) is -2.29. The number of furan rings is 1. The average Bonchev–Trinajstić information content (AvgIpc) is 2.74. The molecule has 0 saturated carbocycles. The largest absolute Gasteiger partial charge is 0.468 e. The number of hydrogen-bond donors (Lipinski definition) is 1. The van der Waals surface area contributed by atoms with E-state index in [-0.39, 0.29) is 12.6 Å². The maximum atomic E-state index is 11.8. The van der Waals surface area contributed by atoms with Gasteiger partial charge >= 0.3 is 6.18 Å². The summed E-state index contributed by atoms with van der Waals surface area (Å²) in [7, 11) is 0. The summed E-state index contributed by atoms with van der Waals surface area (Å²) in [5, 5.41) is 3.13. The van der Waals surface area contributed by atoms with Crippen LogP contribution in [0.5, 0.6) is 0 Å². The Morgan fingerprint density at radius 1 is 1.47 bits per heavy atom. The van der Waals surface area contributed by atoms with Crippen LogP contribution in [-0.4, -0.2) is 25.9 Å². The van der Waals surface area contributed by atoms with Crippen molar-refractivity contribution in [3.05, 3.63) is 24.2 Å². The van der Waals surface area contributed by atoms with Crippen LogP contribution < -0.4 is 5.32 Å². The Morgan fingerprint density at radius 3 is 2.76 bits per heavy atom. The first-order valence-electron chi connectivity index (χ1n) is 5.44. The van der Waals surface area contributed by atoms with Crippen molar-refractivity contribution in [3.63, 3.8) is 0 Å². The number of halogens is 3. The van der Waals surface area contributed by atoms with Crippen molar-refractivity contribution in [1.29, 1.82) is 0 Å². The molecule has 0 radical (unpaired) electrons. The van der Waals surface area contributed by atoms with Crippen LogP contribution in [0.25, 0.3) is 0 Å². The molecule has 0 saturated heterocycles. The van der Waals surface area contributed by atoms with Crippen molar-refractivity contribution < 1.29 is 22.3 Å². The van der Waals surface area contributed by atoms with Crippen LogP contribution in [0.15, 0.2) is 22.8 Å². The predicted molar refractivity (Wildman–Crippen MR) is 56.6 cm³/mol. The van der Waals surface area contributed by atoms with E-state index in [1.54, 1.807) is 12.1 Å². The van der Waals surface area contributed by atoms with E-state index in [1.165, 1.54) is 6.26 Å². The molecular formula is C11H16F3NO2. The lowest BCUT2D eigenvalue weighted by atomic mass is 10.1. The molecule has 6 heteroatoms. The van der Waals surface area contributed by atoms with Crippen LogP contribution in [0.4, 0.5) is 13.2 Å². The number of ether oxygens (including phenoxy) is 1. The molecule has 1 aromatic heterocycles. The van der Waals surface area contributed by atoms with Gasteiger partial charge in [-0.25, -0.2) is 0 Å². The summed E-state index contributed by atoms with van der Waals surface area (Å²) < 4.78 is 45.3. The van der Waals surface area contributed by atoms with E-state index in [4.69, 9.17) is 4.42 Å². The summed E-state index contributed by atoms with van der Waals surface area (Å²) in [5.41, 5.74) is 0. The van der Waals surface area contributed by atoms with E-state index in [9.17, 15) is 13.2 Å². The Morgan fingerprint density at radius 2 is 2.24 bits per heavy atom. The monoisotopic (exact) mass is 251 g/mol. The molecule has 0 aliphatic carbocycles. The van der Waals surface area contributed by atoms with E-state index < -0.39 is 12.8 Å². The predicted octanol–water partition coefficient (Wildman–Crippen LogP) is 2.90. The lowest BCUT2D eigenvalue weighted by Crippen LogP contribution is -2.23. The average molecular weight is 251 g/mol. The summed E-state index contributed by atoms with van der Waals surface area (Å²) in [6.45, 7) is 1.47. The molecule has 0 spiro atoms. The van der Waals surface area contributed by atoms with Gasteiger partial charge in [0.1, 0.15) is 12.4 Å². The van der Waals surface area contributed by atoms with Crippen LogP contribution >= 0.6 is 0 Å². The van der Waals surface area contributed by atoms with Crippen molar-refractivity contribution in [3.8, 4) is 0 Å². The molecule has 1 rings (SSSR count). The minimum Gasteiger partial charge on any atom is -0.468 e. The molecule has 0 aliphatic rings. The van der Waals surface area contributed by atoms with Crippen molar-refractivity contribution in [2.45, 2.75) is 25.6 Å². The van der Waals surface area contributed by atoms with Gasteiger partial charge in [0.25, 0.3) is 0 Å². The van der Waals surface area contributed by atoms with E-state index in [2.05, 4.69) is 10.1 Å². The first-order chi connectivity index (χ1) is 8.03. The Hall–Kier alpha value is -1.01. The number of rotatable bonds is 7. The fourth-order valence-electron chi connectivity index (χ4n) is 1.47. The Bertz CT molecular complexity index is 298. The third-order valence-electron chi connectivity index (χ3n) is 2.15. The highest BCUT2D eigenvalue weighted by Crippen LogP contribution is 2.18. The smallest absolute Gasteiger partial charge is 0.411 e. The first kappa shape index (κ1) is 14.1. The van der Waals surface area contributed by atoms with Gasteiger partial charge in [-0.3, -0.25) is 0 Å². The Labute approximate surface area is 97.9 Å². The maximum Gasteiger partial charge on any atom is 0.411 e. The van der Waals surface area contributed by atoms with Gasteiger partial charge < -0.3 is 14.5 Å². The molecule has 1 N–H and O–H groups in total. The first-order valence-corrected chi connectivity index (χ1v) is 5.44. The fraction of sp³-hybridized carbons (Fsp3) is 0.636. The lowest BCUT2D eigenvalue weighted by molar-refractivity contribution is -0.174. The van der Waals surface area contributed by atoms with Crippen molar-refractivity contribution in [2.75, 3.05) is 19.8 Å². The highest BCUT2D eigenvalue weighted by molar-refractivity contribution is 5.04. The Balaban J connectivity index is 2.31. The zero-order valence-electron chi connectivity index (χ0n) is 9.59. The minimum atomic E-state index is -4.27. The molecule has 1 heterocycles. The van der Waals surface area contributed by atoms with Gasteiger partial charge in [-0.2, -0.15) is 13.2 Å². The van der Waals surface area contributed by atoms with Gasteiger partial charge in [-0.05, 0) is 25.1 Å². The van der Waals surface area contributed by atoms with Gasteiger partial charge in [-0.1, -0.05) is 6.92 Å². The van der Waals surface area contributed by atoms with Gasteiger partial charge in [0.05, 0.1) is 12.3 Å². The van der Waals surface area contributed by atoms with Crippen LogP contribution in [0.1, 0.15) is 25.1 Å². The topological polar surface area (TPSA) is 34.4 Å². The molecule has 0 fully saturated rings. The molecule has 1 aromatic rings. The van der Waals surface area contributed by atoms with Crippen LogP contribution in [-0.2, 0) is 4.74 Å². The molecule has 17 heavy (non-hydrogen) atoms. The molecule has 0 bridgehead atoms. The van der Waals surface area contributed by atoms with Gasteiger partial charge in [-0.15, -0.1) is 0 Å². The third kappa shape index (κ3) is 5.74. The zero-order valence-corrected chi connectivity index (χ0v) is 9.59. The van der Waals surface area contributed by atoms with Gasteiger partial charge in [0.2, 0.25) is 0 Å².